The fourth-order valence-electron chi connectivity index (χ4n) is 4.34. The molecule has 4 aromatic rings. The minimum Gasteiger partial charge on any atom is -0.493 e. The van der Waals surface area contributed by atoms with Crippen molar-refractivity contribution in [1.29, 1.82) is 0 Å². The van der Waals surface area contributed by atoms with Gasteiger partial charge in [-0.1, -0.05) is 53.5 Å². The minimum atomic E-state index is -0.387. The maximum Gasteiger partial charge on any atom is 0.273 e. The van der Waals surface area contributed by atoms with Crippen molar-refractivity contribution < 1.29 is 14.3 Å². The van der Waals surface area contributed by atoms with Crippen molar-refractivity contribution >= 4 is 29.1 Å². The van der Waals surface area contributed by atoms with Crippen LogP contribution in [0.2, 0.25) is 10.0 Å². The molecule has 1 atom stereocenters. The third kappa shape index (κ3) is 3.89. The van der Waals surface area contributed by atoms with Crippen LogP contribution in [0.1, 0.15) is 33.2 Å². The minimum absolute atomic E-state index is 0.127. The molecule has 1 aromatic heterocycles. The fourth-order valence-corrected chi connectivity index (χ4v) is 4.60. The summed E-state index contributed by atoms with van der Waals surface area (Å²) in [6.07, 6.45) is 0. The van der Waals surface area contributed by atoms with E-state index in [2.05, 4.69) is 10.2 Å². The van der Waals surface area contributed by atoms with Gasteiger partial charge in [0.1, 0.15) is 5.69 Å². The second kappa shape index (κ2) is 9.05. The number of nitrogens with zero attached hydrogens (tertiary/aromatic N) is 2. The average molecular weight is 494 g/mol. The second-order valence-corrected chi connectivity index (χ2v) is 8.82. The van der Waals surface area contributed by atoms with Gasteiger partial charge in [-0.3, -0.25) is 9.89 Å². The normalized spacial score (nSPS) is 14.9. The SMILES string of the molecule is COc1ccc(C2c3c(-c4ccc(Cl)cc4)n[nH]c3C(=O)N2Cc2ccc(Cl)cc2)cc1OC. The number of ether oxygens (including phenoxy) is 2. The lowest BCUT2D eigenvalue weighted by Gasteiger charge is -2.27. The lowest BCUT2D eigenvalue weighted by atomic mass is 9.95. The lowest BCUT2D eigenvalue weighted by Crippen LogP contribution is -2.29. The van der Waals surface area contributed by atoms with Crippen molar-refractivity contribution in [2.75, 3.05) is 14.2 Å². The Balaban J connectivity index is 1.65. The van der Waals surface area contributed by atoms with Crippen LogP contribution in [0.3, 0.4) is 0 Å². The zero-order valence-electron chi connectivity index (χ0n) is 18.5. The first-order chi connectivity index (χ1) is 16.5. The van der Waals surface area contributed by atoms with E-state index in [-0.39, 0.29) is 11.9 Å². The summed E-state index contributed by atoms with van der Waals surface area (Å²) in [5.74, 6) is 1.08. The highest BCUT2D eigenvalue weighted by molar-refractivity contribution is 6.30. The van der Waals surface area contributed by atoms with Crippen LogP contribution in [-0.4, -0.2) is 35.2 Å². The van der Waals surface area contributed by atoms with E-state index in [1.165, 1.54) is 0 Å². The quantitative estimate of drug-likeness (QED) is 0.349. The molecule has 3 aromatic carbocycles. The number of aromatic amines is 1. The number of amides is 1. The predicted octanol–water partition coefficient (Wildman–Crippen LogP) is 6.15. The molecule has 0 fully saturated rings. The molecule has 0 aliphatic carbocycles. The Hall–Kier alpha value is -3.48. The monoisotopic (exact) mass is 493 g/mol. The van der Waals surface area contributed by atoms with Crippen molar-refractivity contribution in [2.24, 2.45) is 0 Å². The largest absolute Gasteiger partial charge is 0.493 e. The number of rotatable bonds is 6. The summed E-state index contributed by atoms with van der Waals surface area (Å²) >= 11 is 12.2. The van der Waals surface area contributed by atoms with Gasteiger partial charge in [-0.2, -0.15) is 5.10 Å². The van der Waals surface area contributed by atoms with Crippen molar-refractivity contribution in [3.63, 3.8) is 0 Å². The molecule has 172 valence electrons. The van der Waals surface area contributed by atoms with Crippen LogP contribution in [0.4, 0.5) is 0 Å². The Kier molecular flexibility index (Phi) is 5.94. The first-order valence-corrected chi connectivity index (χ1v) is 11.4. The Morgan fingerprint density at radius 3 is 2.21 bits per heavy atom. The van der Waals surface area contributed by atoms with Crippen LogP contribution in [0.5, 0.6) is 11.5 Å². The standard InChI is InChI=1S/C26H21Cl2N3O3/c1-33-20-12-7-17(13-21(20)34-2)25-22-23(16-5-10-19(28)11-6-16)29-30-24(22)26(32)31(25)14-15-3-8-18(27)9-4-15/h3-13,25H,14H2,1-2H3,(H,29,30). The molecule has 5 rings (SSSR count). The number of benzene rings is 3. The molecular weight excluding hydrogens is 473 g/mol. The van der Waals surface area contributed by atoms with E-state index in [1.807, 2.05) is 71.6 Å². The first kappa shape index (κ1) is 22.3. The van der Waals surface area contributed by atoms with Gasteiger partial charge in [0, 0.05) is 27.7 Å². The van der Waals surface area contributed by atoms with Gasteiger partial charge in [-0.05, 0) is 47.5 Å². The van der Waals surface area contributed by atoms with Gasteiger partial charge in [-0.25, -0.2) is 0 Å². The molecular formula is C26H21Cl2N3O3. The molecule has 34 heavy (non-hydrogen) atoms. The number of fused-ring (bicyclic) bond motifs is 1. The molecule has 0 spiro atoms. The van der Waals surface area contributed by atoms with Crippen LogP contribution in [0.15, 0.2) is 66.7 Å². The van der Waals surface area contributed by atoms with Crippen LogP contribution >= 0.6 is 23.2 Å². The van der Waals surface area contributed by atoms with E-state index < -0.39 is 0 Å². The summed E-state index contributed by atoms with van der Waals surface area (Å²) in [6, 6.07) is 20.2. The lowest BCUT2D eigenvalue weighted by molar-refractivity contribution is 0.0730. The van der Waals surface area contributed by atoms with E-state index in [4.69, 9.17) is 32.7 Å². The van der Waals surface area contributed by atoms with Crippen LogP contribution < -0.4 is 9.47 Å². The highest BCUT2D eigenvalue weighted by Crippen LogP contribution is 2.45. The number of halogens is 2. The Bertz CT molecular complexity index is 1350. The van der Waals surface area contributed by atoms with Crippen LogP contribution in [0, 0.1) is 0 Å². The van der Waals surface area contributed by atoms with Gasteiger partial charge < -0.3 is 14.4 Å². The molecule has 1 aliphatic heterocycles. The Labute approximate surface area is 207 Å². The van der Waals surface area contributed by atoms with Crippen molar-refractivity contribution in [3.05, 3.63) is 99.2 Å². The third-order valence-electron chi connectivity index (χ3n) is 5.97. The zero-order valence-corrected chi connectivity index (χ0v) is 20.0. The number of hydrogen-bond acceptors (Lipinski definition) is 4. The average Bonchev–Trinajstić information content (AvgIpc) is 3.39. The Morgan fingerprint density at radius 2 is 1.56 bits per heavy atom. The molecule has 1 N–H and O–H groups in total. The van der Waals surface area contributed by atoms with E-state index in [0.29, 0.717) is 39.5 Å². The second-order valence-electron chi connectivity index (χ2n) is 7.94. The summed E-state index contributed by atoms with van der Waals surface area (Å²) in [4.78, 5) is 15.4. The maximum absolute atomic E-state index is 13.6. The number of carbonyl (C=O) groups is 1. The topological polar surface area (TPSA) is 67.5 Å². The highest BCUT2D eigenvalue weighted by atomic mass is 35.5. The molecule has 0 radical (unpaired) electrons. The number of H-pyrrole nitrogens is 1. The summed E-state index contributed by atoms with van der Waals surface area (Å²) in [5.41, 5.74) is 4.71. The zero-order chi connectivity index (χ0) is 23.8. The van der Waals surface area contributed by atoms with E-state index in [0.717, 1.165) is 22.3 Å². The number of hydrogen-bond donors (Lipinski definition) is 1. The smallest absolute Gasteiger partial charge is 0.273 e. The molecule has 1 aliphatic rings. The highest BCUT2D eigenvalue weighted by Gasteiger charge is 2.42. The van der Waals surface area contributed by atoms with Gasteiger partial charge in [0.05, 0.1) is 26.0 Å². The number of methoxy groups -OCH3 is 2. The van der Waals surface area contributed by atoms with Gasteiger partial charge in [0.2, 0.25) is 0 Å². The van der Waals surface area contributed by atoms with E-state index in [9.17, 15) is 4.79 Å². The summed E-state index contributed by atoms with van der Waals surface area (Å²) in [7, 11) is 3.19. The van der Waals surface area contributed by atoms with Crippen LogP contribution in [0.25, 0.3) is 11.3 Å². The predicted molar refractivity (Wildman–Crippen MR) is 132 cm³/mol. The number of carbonyl (C=O) groups excluding carboxylic acids is 1. The third-order valence-corrected chi connectivity index (χ3v) is 6.47. The van der Waals surface area contributed by atoms with Gasteiger partial charge in [0.15, 0.2) is 11.5 Å². The number of nitrogens with one attached hydrogen (secondary N) is 1. The maximum atomic E-state index is 13.6. The van der Waals surface area contributed by atoms with Crippen LogP contribution in [-0.2, 0) is 6.54 Å². The van der Waals surface area contributed by atoms with Crippen molar-refractivity contribution in [3.8, 4) is 22.8 Å². The van der Waals surface area contributed by atoms with Crippen molar-refractivity contribution in [1.82, 2.24) is 15.1 Å². The molecule has 2 heterocycles. The Morgan fingerprint density at radius 1 is 0.912 bits per heavy atom. The molecule has 0 saturated carbocycles. The van der Waals surface area contributed by atoms with Gasteiger partial charge >= 0.3 is 0 Å². The summed E-state index contributed by atoms with van der Waals surface area (Å²) in [6.45, 7) is 0.400. The molecule has 0 saturated heterocycles. The molecule has 0 bridgehead atoms. The van der Waals surface area contributed by atoms with E-state index in [1.54, 1.807) is 14.2 Å². The summed E-state index contributed by atoms with van der Waals surface area (Å²) in [5, 5.41) is 8.76. The number of aromatic nitrogens is 2. The molecule has 1 unspecified atom stereocenters. The van der Waals surface area contributed by atoms with Gasteiger partial charge in [-0.15, -0.1) is 0 Å². The molecule has 6 nitrogen and oxygen atoms in total. The fraction of sp³-hybridized carbons (Fsp3) is 0.154. The summed E-state index contributed by atoms with van der Waals surface area (Å²) < 4.78 is 11.0. The van der Waals surface area contributed by atoms with E-state index >= 15 is 0 Å². The van der Waals surface area contributed by atoms with Crippen molar-refractivity contribution in [2.45, 2.75) is 12.6 Å². The first-order valence-electron chi connectivity index (χ1n) is 10.6. The molecule has 1 amide bonds. The van der Waals surface area contributed by atoms with Gasteiger partial charge in [0.25, 0.3) is 5.91 Å². The molecule has 8 heteroatoms.